The molecule has 0 saturated heterocycles. The van der Waals surface area contributed by atoms with E-state index in [0.29, 0.717) is 17.7 Å². The van der Waals surface area contributed by atoms with E-state index in [1.165, 1.54) is 0 Å². The predicted molar refractivity (Wildman–Crippen MR) is 93.0 cm³/mol. The summed E-state index contributed by atoms with van der Waals surface area (Å²) in [6.07, 6.45) is -1.23. The minimum Gasteiger partial charge on any atom is -0.444 e. The summed E-state index contributed by atoms with van der Waals surface area (Å²) in [5, 5.41) is 4.65. The van der Waals surface area contributed by atoms with Gasteiger partial charge >= 0.3 is 12.0 Å². The van der Waals surface area contributed by atoms with Gasteiger partial charge in [-0.25, -0.2) is 9.59 Å². The van der Waals surface area contributed by atoms with E-state index in [9.17, 15) is 14.4 Å². The molecule has 0 radical (unpaired) electrons. The summed E-state index contributed by atoms with van der Waals surface area (Å²) >= 11 is 0. The molecule has 6 heteroatoms. The van der Waals surface area contributed by atoms with Crippen LogP contribution in [0.3, 0.4) is 0 Å². The maximum Gasteiger partial charge on any atom is 0.339 e. The minimum absolute atomic E-state index is 0.370. The number of hydrogen-bond donors (Lipinski definition) is 2. The largest absolute Gasteiger partial charge is 0.444 e. The van der Waals surface area contributed by atoms with Gasteiger partial charge in [0.15, 0.2) is 0 Å². The number of urea groups is 1. The van der Waals surface area contributed by atoms with Gasteiger partial charge in [-0.3, -0.25) is 10.1 Å². The van der Waals surface area contributed by atoms with E-state index >= 15 is 0 Å². The van der Waals surface area contributed by atoms with Crippen molar-refractivity contribution >= 4 is 17.9 Å². The van der Waals surface area contributed by atoms with Crippen molar-refractivity contribution in [1.82, 2.24) is 10.6 Å². The molecular weight excluding hydrogens is 320 g/mol. The quantitative estimate of drug-likeness (QED) is 0.820. The molecule has 130 valence electrons. The van der Waals surface area contributed by atoms with Crippen molar-refractivity contribution < 1.29 is 19.1 Å². The van der Waals surface area contributed by atoms with Crippen LogP contribution < -0.4 is 10.6 Å². The van der Waals surface area contributed by atoms with Gasteiger partial charge in [0.1, 0.15) is 0 Å². The molecule has 0 aliphatic carbocycles. The molecular formula is C19H20N2O4. The average Bonchev–Trinajstić information content (AvgIpc) is 2.60. The average molecular weight is 340 g/mol. The Labute approximate surface area is 146 Å². The molecule has 2 aromatic carbocycles. The highest BCUT2D eigenvalue weighted by atomic mass is 16.5. The number of amides is 3. The molecule has 0 aliphatic rings. The van der Waals surface area contributed by atoms with Crippen LogP contribution >= 0.6 is 0 Å². The number of esters is 1. The molecule has 0 aliphatic heterocycles. The lowest BCUT2D eigenvalue weighted by Crippen LogP contribution is -2.42. The predicted octanol–water partition coefficient (Wildman–Crippen LogP) is 2.74. The Hall–Kier alpha value is -3.15. The van der Waals surface area contributed by atoms with Crippen LogP contribution in [0.4, 0.5) is 4.79 Å². The first-order valence-corrected chi connectivity index (χ1v) is 7.93. The Balaban J connectivity index is 2.23. The third-order valence-electron chi connectivity index (χ3n) is 3.50. The third-order valence-corrected chi connectivity index (χ3v) is 3.50. The Morgan fingerprint density at radius 1 is 1.00 bits per heavy atom. The molecule has 3 amide bonds. The van der Waals surface area contributed by atoms with Gasteiger partial charge in [0.2, 0.25) is 6.10 Å². The van der Waals surface area contributed by atoms with Gasteiger partial charge < -0.3 is 10.1 Å². The standard InChI is InChI=1S/C19H20N2O4/c1-3-20-19(24)21-17(22)16(14-10-5-4-6-11-14)25-18(23)15-12-8-7-9-13(15)2/h4-12,16H,3H2,1-2H3,(H2,20,21,22,24)/t16-/m1/s1. The zero-order valence-corrected chi connectivity index (χ0v) is 14.1. The fraction of sp³-hybridized carbons (Fsp3) is 0.211. The lowest BCUT2D eigenvalue weighted by molar-refractivity contribution is -0.129. The second kappa shape index (κ2) is 8.63. The molecule has 0 fully saturated rings. The number of benzene rings is 2. The van der Waals surface area contributed by atoms with Crippen LogP contribution in [0.25, 0.3) is 0 Å². The van der Waals surface area contributed by atoms with Crippen LogP contribution in [0.1, 0.15) is 34.5 Å². The number of rotatable bonds is 5. The molecule has 0 spiro atoms. The summed E-state index contributed by atoms with van der Waals surface area (Å²) in [5.74, 6) is -1.34. The second-order valence-corrected chi connectivity index (χ2v) is 5.36. The van der Waals surface area contributed by atoms with E-state index in [1.54, 1.807) is 62.4 Å². The number of nitrogens with one attached hydrogen (secondary N) is 2. The van der Waals surface area contributed by atoms with E-state index < -0.39 is 24.0 Å². The Morgan fingerprint density at radius 3 is 2.28 bits per heavy atom. The Kier molecular flexibility index (Phi) is 6.28. The number of aryl methyl sites for hydroxylation is 1. The Morgan fingerprint density at radius 2 is 1.64 bits per heavy atom. The maximum absolute atomic E-state index is 12.5. The molecule has 0 heterocycles. The van der Waals surface area contributed by atoms with Crippen molar-refractivity contribution in [2.45, 2.75) is 20.0 Å². The molecule has 2 N–H and O–H groups in total. The summed E-state index contributed by atoms with van der Waals surface area (Å²) in [6.45, 7) is 3.89. The summed E-state index contributed by atoms with van der Waals surface area (Å²) in [7, 11) is 0. The molecule has 6 nitrogen and oxygen atoms in total. The molecule has 1 atom stereocenters. The van der Waals surface area contributed by atoms with Gasteiger partial charge in [-0.2, -0.15) is 0 Å². The smallest absolute Gasteiger partial charge is 0.339 e. The molecule has 2 aromatic rings. The molecule has 25 heavy (non-hydrogen) atoms. The highest BCUT2D eigenvalue weighted by Gasteiger charge is 2.27. The number of hydrogen-bond acceptors (Lipinski definition) is 4. The van der Waals surface area contributed by atoms with Crippen LogP contribution in [0, 0.1) is 6.92 Å². The number of ether oxygens (including phenoxy) is 1. The van der Waals surface area contributed by atoms with Crippen molar-refractivity contribution in [2.75, 3.05) is 6.54 Å². The first-order valence-electron chi connectivity index (χ1n) is 7.93. The van der Waals surface area contributed by atoms with Gasteiger partial charge in [0.25, 0.3) is 5.91 Å². The number of carbonyl (C=O) groups is 3. The van der Waals surface area contributed by atoms with E-state index in [2.05, 4.69) is 10.6 Å². The maximum atomic E-state index is 12.5. The van der Waals surface area contributed by atoms with Gasteiger partial charge in [0, 0.05) is 12.1 Å². The fourth-order valence-corrected chi connectivity index (χ4v) is 2.26. The van der Waals surface area contributed by atoms with Crippen LogP contribution in [0.5, 0.6) is 0 Å². The van der Waals surface area contributed by atoms with Crippen LogP contribution in [0.15, 0.2) is 54.6 Å². The first-order chi connectivity index (χ1) is 12.0. The third kappa shape index (κ3) is 4.91. The number of carbonyl (C=O) groups excluding carboxylic acids is 3. The summed E-state index contributed by atoms with van der Waals surface area (Å²) in [4.78, 5) is 36.5. The molecule has 2 rings (SSSR count). The van der Waals surface area contributed by atoms with Crippen molar-refractivity contribution in [3.05, 3.63) is 71.3 Å². The van der Waals surface area contributed by atoms with Crippen LogP contribution in [0.2, 0.25) is 0 Å². The number of imide groups is 1. The van der Waals surface area contributed by atoms with Crippen molar-refractivity contribution in [3.63, 3.8) is 0 Å². The molecule has 0 saturated carbocycles. The van der Waals surface area contributed by atoms with E-state index in [4.69, 9.17) is 4.74 Å². The molecule has 0 unspecified atom stereocenters. The summed E-state index contributed by atoms with van der Waals surface area (Å²) in [6, 6.07) is 14.8. The van der Waals surface area contributed by atoms with Gasteiger partial charge in [-0.05, 0) is 25.5 Å². The van der Waals surface area contributed by atoms with Gasteiger partial charge in [0.05, 0.1) is 5.56 Å². The summed E-state index contributed by atoms with van der Waals surface area (Å²) in [5.41, 5.74) is 1.59. The van der Waals surface area contributed by atoms with Crippen LogP contribution in [-0.2, 0) is 9.53 Å². The highest BCUT2D eigenvalue weighted by Crippen LogP contribution is 2.20. The lowest BCUT2D eigenvalue weighted by Gasteiger charge is -2.18. The SMILES string of the molecule is CCNC(=O)NC(=O)[C@H](OC(=O)c1ccccc1C)c1ccccc1. The molecule has 0 aromatic heterocycles. The zero-order valence-electron chi connectivity index (χ0n) is 14.1. The summed E-state index contributed by atoms with van der Waals surface area (Å²) < 4.78 is 5.41. The monoisotopic (exact) mass is 340 g/mol. The van der Waals surface area contributed by atoms with E-state index in [-0.39, 0.29) is 0 Å². The van der Waals surface area contributed by atoms with Crippen molar-refractivity contribution in [1.29, 1.82) is 0 Å². The topological polar surface area (TPSA) is 84.5 Å². The zero-order chi connectivity index (χ0) is 18.2. The van der Waals surface area contributed by atoms with Gasteiger partial charge in [-0.1, -0.05) is 48.5 Å². The lowest BCUT2D eigenvalue weighted by atomic mass is 10.1. The van der Waals surface area contributed by atoms with E-state index in [1.807, 2.05) is 6.07 Å². The second-order valence-electron chi connectivity index (χ2n) is 5.36. The van der Waals surface area contributed by atoms with Crippen molar-refractivity contribution in [2.24, 2.45) is 0 Å². The highest BCUT2D eigenvalue weighted by molar-refractivity contribution is 5.99. The molecule has 0 bridgehead atoms. The normalized spacial score (nSPS) is 11.3. The Bertz CT molecular complexity index is 759. The van der Waals surface area contributed by atoms with Crippen molar-refractivity contribution in [3.8, 4) is 0 Å². The first kappa shape index (κ1) is 18.2. The van der Waals surface area contributed by atoms with E-state index in [0.717, 1.165) is 5.56 Å². The van der Waals surface area contributed by atoms with Gasteiger partial charge in [-0.15, -0.1) is 0 Å². The fourth-order valence-electron chi connectivity index (χ4n) is 2.26. The minimum atomic E-state index is -1.23. The van der Waals surface area contributed by atoms with Crippen LogP contribution in [-0.4, -0.2) is 24.5 Å².